The molecule has 1 saturated carbocycles. The van der Waals surface area contributed by atoms with Crippen LogP contribution in [0, 0.1) is 11.7 Å². The average molecular weight is 438 g/mol. The minimum Gasteiger partial charge on any atom is -0.493 e. The minimum atomic E-state index is -0.245. The maximum absolute atomic E-state index is 13.5. The predicted octanol–water partition coefficient (Wildman–Crippen LogP) is 4.22. The first-order valence-electron chi connectivity index (χ1n) is 11.7. The van der Waals surface area contributed by atoms with Crippen LogP contribution in [0.5, 0.6) is 5.75 Å². The standard InChI is InChI=1S/C26H32FN3O2/c1-29-14-12-26(13-15-29)24(16-19-4-8-22(27)9-5-19)30(25(31)28-26)17-20-6-10-23(11-7-20)32-18-21-2-3-21/h4-11,21,24H,2-3,12-18H2,1H3,(H,28,31). The molecule has 6 heteroatoms. The van der Waals surface area contributed by atoms with Gasteiger partial charge >= 0.3 is 6.03 Å². The highest BCUT2D eigenvalue weighted by atomic mass is 19.1. The smallest absolute Gasteiger partial charge is 0.318 e. The van der Waals surface area contributed by atoms with Crippen LogP contribution in [0.3, 0.4) is 0 Å². The fourth-order valence-electron chi connectivity index (χ4n) is 5.00. The summed E-state index contributed by atoms with van der Waals surface area (Å²) in [4.78, 5) is 17.5. The maximum Gasteiger partial charge on any atom is 0.318 e. The third-order valence-electron chi connectivity index (χ3n) is 7.31. The molecule has 3 fully saturated rings. The highest BCUT2D eigenvalue weighted by Crippen LogP contribution is 2.36. The number of urea groups is 1. The van der Waals surface area contributed by atoms with Crippen LogP contribution in [0.4, 0.5) is 9.18 Å². The molecule has 2 saturated heterocycles. The molecule has 1 aliphatic carbocycles. The highest BCUT2D eigenvalue weighted by molar-refractivity contribution is 5.79. The Kier molecular flexibility index (Phi) is 5.80. The number of nitrogens with zero attached hydrogens (tertiary/aromatic N) is 2. The van der Waals surface area contributed by atoms with Crippen molar-refractivity contribution in [1.82, 2.24) is 15.1 Å². The van der Waals surface area contributed by atoms with Gasteiger partial charge in [0, 0.05) is 19.6 Å². The number of rotatable bonds is 7. The van der Waals surface area contributed by atoms with Crippen molar-refractivity contribution < 1.29 is 13.9 Å². The lowest BCUT2D eigenvalue weighted by Gasteiger charge is -2.42. The van der Waals surface area contributed by atoms with Gasteiger partial charge in [-0.3, -0.25) is 0 Å². The summed E-state index contributed by atoms with van der Waals surface area (Å²) in [5.41, 5.74) is 1.90. The second-order valence-corrected chi connectivity index (χ2v) is 9.76. The number of ether oxygens (including phenoxy) is 1. The van der Waals surface area contributed by atoms with Crippen molar-refractivity contribution in [1.29, 1.82) is 0 Å². The molecule has 2 aromatic rings. The zero-order valence-corrected chi connectivity index (χ0v) is 18.7. The van der Waals surface area contributed by atoms with Crippen molar-refractivity contribution in [3.63, 3.8) is 0 Å². The van der Waals surface area contributed by atoms with Gasteiger partial charge in [-0.15, -0.1) is 0 Å². The molecule has 2 aromatic carbocycles. The number of hydrogen-bond donors (Lipinski definition) is 1. The molecule has 5 rings (SSSR count). The van der Waals surface area contributed by atoms with E-state index in [-0.39, 0.29) is 23.4 Å². The van der Waals surface area contributed by atoms with Crippen molar-refractivity contribution in [3.8, 4) is 5.75 Å². The number of halogens is 1. The summed E-state index contributed by atoms with van der Waals surface area (Å²) in [6.45, 7) is 3.27. The summed E-state index contributed by atoms with van der Waals surface area (Å²) < 4.78 is 19.3. The first-order valence-corrected chi connectivity index (χ1v) is 11.7. The van der Waals surface area contributed by atoms with Gasteiger partial charge in [0.25, 0.3) is 0 Å². The number of likely N-dealkylation sites (tertiary alicyclic amines) is 1. The van der Waals surface area contributed by atoms with Crippen LogP contribution < -0.4 is 10.1 Å². The van der Waals surface area contributed by atoms with E-state index < -0.39 is 0 Å². The van der Waals surface area contributed by atoms with Crippen LogP contribution in [0.1, 0.15) is 36.8 Å². The fraction of sp³-hybridized carbons (Fsp3) is 0.500. The number of carbonyl (C=O) groups excluding carboxylic acids is 1. The van der Waals surface area contributed by atoms with Crippen LogP contribution in [0.15, 0.2) is 48.5 Å². The molecule has 3 aliphatic rings. The second kappa shape index (κ2) is 8.74. The third-order valence-corrected chi connectivity index (χ3v) is 7.31. The number of hydrogen-bond acceptors (Lipinski definition) is 3. The molecule has 5 nitrogen and oxygen atoms in total. The fourth-order valence-corrected chi connectivity index (χ4v) is 5.00. The van der Waals surface area contributed by atoms with E-state index in [9.17, 15) is 9.18 Å². The van der Waals surface area contributed by atoms with E-state index in [4.69, 9.17) is 4.74 Å². The zero-order valence-electron chi connectivity index (χ0n) is 18.7. The minimum absolute atomic E-state index is 0.00396. The summed E-state index contributed by atoms with van der Waals surface area (Å²) in [6.07, 6.45) is 5.10. The van der Waals surface area contributed by atoms with Crippen LogP contribution in [-0.2, 0) is 13.0 Å². The van der Waals surface area contributed by atoms with E-state index in [2.05, 4.69) is 29.4 Å². The Bertz CT molecular complexity index is 935. The molecular formula is C26H32FN3O2. The Labute approximate surface area is 189 Å². The molecule has 0 bridgehead atoms. The van der Waals surface area contributed by atoms with Crippen LogP contribution in [0.2, 0.25) is 0 Å². The number of benzene rings is 2. The molecule has 170 valence electrons. The first kappa shape index (κ1) is 21.3. The molecule has 1 atom stereocenters. The predicted molar refractivity (Wildman–Crippen MR) is 122 cm³/mol. The molecule has 1 unspecified atom stereocenters. The van der Waals surface area contributed by atoms with Crippen LogP contribution in [-0.4, -0.2) is 54.2 Å². The molecule has 0 radical (unpaired) electrons. The van der Waals surface area contributed by atoms with Gasteiger partial charge in [-0.1, -0.05) is 24.3 Å². The Morgan fingerprint density at radius 2 is 1.69 bits per heavy atom. The van der Waals surface area contributed by atoms with Crippen molar-refractivity contribution in [3.05, 3.63) is 65.5 Å². The lowest BCUT2D eigenvalue weighted by Crippen LogP contribution is -2.56. The number of nitrogens with one attached hydrogen (secondary N) is 1. The molecular weight excluding hydrogens is 405 g/mol. The van der Waals surface area contributed by atoms with Gasteiger partial charge in [0.1, 0.15) is 11.6 Å². The van der Waals surface area contributed by atoms with Crippen LogP contribution >= 0.6 is 0 Å². The van der Waals surface area contributed by atoms with Gasteiger partial charge in [-0.25, -0.2) is 9.18 Å². The lowest BCUT2D eigenvalue weighted by molar-refractivity contribution is 0.123. The third kappa shape index (κ3) is 4.60. The lowest BCUT2D eigenvalue weighted by atomic mass is 9.79. The van der Waals surface area contributed by atoms with Crippen molar-refractivity contribution >= 4 is 6.03 Å². The summed E-state index contributed by atoms with van der Waals surface area (Å²) in [5, 5.41) is 3.35. The Morgan fingerprint density at radius 1 is 1.03 bits per heavy atom. The normalized spacial score (nSPS) is 22.9. The van der Waals surface area contributed by atoms with E-state index >= 15 is 0 Å². The monoisotopic (exact) mass is 437 g/mol. The molecule has 2 aliphatic heterocycles. The molecule has 2 amide bonds. The van der Waals surface area contributed by atoms with E-state index in [0.29, 0.717) is 13.0 Å². The van der Waals surface area contributed by atoms with E-state index in [1.54, 1.807) is 0 Å². The van der Waals surface area contributed by atoms with Crippen molar-refractivity contribution in [2.45, 2.75) is 50.2 Å². The van der Waals surface area contributed by atoms with Crippen molar-refractivity contribution in [2.24, 2.45) is 5.92 Å². The van der Waals surface area contributed by atoms with E-state index in [1.807, 2.05) is 29.2 Å². The topological polar surface area (TPSA) is 44.8 Å². The molecule has 32 heavy (non-hydrogen) atoms. The molecule has 2 heterocycles. The van der Waals surface area contributed by atoms with Gasteiger partial charge in [-0.05, 0) is 80.5 Å². The van der Waals surface area contributed by atoms with Gasteiger partial charge in [0.2, 0.25) is 0 Å². The van der Waals surface area contributed by atoms with Gasteiger partial charge in [0.05, 0.1) is 18.2 Å². The number of piperidine rings is 1. The van der Waals surface area contributed by atoms with E-state index in [0.717, 1.165) is 55.3 Å². The maximum atomic E-state index is 13.5. The Balaban J connectivity index is 1.34. The second-order valence-electron chi connectivity index (χ2n) is 9.76. The average Bonchev–Trinajstić information content (AvgIpc) is 3.59. The number of carbonyl (C=O) groups is 1. The summed E-state index contributed by atoms with van der Waals surface area (Å²) in [5.74, 6) is 1.38. The van der Waals surface area contributed by atoms with Gasteiger partial charge < -0.3 is 19.9 Å². The Hall–Kier alpha value is -2.60. The largest absolute Gasteiger partial charge is 0.493 e. The van der Waals surface area contributed by atoms with Gasteiger partial charge in [0.15, 0.2) is 0 Å². The molecule has 0 aromatic heterocycles. The SMILES string of the molecule is CN1CCC2(CC1)NC(=O)N(Cc1ccc(OCC3CC3)cc1)C2Cc1ccc(F)cc1. The van der Waals surface area contributed by atoms with Gasteiger partial charge in [-0.2, -0.15) is 0 Å². The molecule has 1 spiro atoms. The summed E-state index contributed by atoms with van der Waals surface area (Å²) >= 11 is 0. The zero-order chi connectivity index (χ0) is 22.1. The van der Waals surface area contributed by atoms with E-state index in [1.165, 1.54) is 25.0 Å². The number of amides is 2. The first-order chi connectivity index (χ1) is 15.5. The van der Waals surface area contributed by atoms with Crippen molar-refractivity contribution in [2.75, 3.05) is 26.7 Å². The quantitative estimate of drug-likeness (QED) is 0.706. The Morgan fingerprint density at radius 3 is 2.34 bits per heavy atom. The highest BCUT2D eigenvalue weighted by Gasteiger charge is 2.51. The summed E-state index contributed by atoms with van der Waals surface area (Å²) in [7, 11) is 2.13. The molecule has 1 N–H and O–H groups in total. The van der Waals surface area contributed by atoms with Crippen LogP contribution in [0.25, 0.3) is 0 Å². The summed E-state index contributed by atoms with van der Waals surface area (Å²) in [6, 6.07) is 14.8.